The molecular formula is C17H15F6N3O2. The third-order valence-corrected chi connectivity index (χ3v) is 4.37. The fraction of sp³-hybridized carbons (Fsp3) is 0.412. The van der Waals surface area contributed by atoms with E-state index in [1.165, 1.54) is 19.1 Å². The molecule has 1 N–H and O–H groups in total. The molecular weight excluding hydrogens is 392 g/mol. The molecule has 0 unspecified atom stereocenters. The Kier molecular flexibility index (Phi) is 5.02. The number of ether oxygens (including phenoxy) is 1. The maximum Gasteiger partial charge on any atom is 0.455 e. The fourth-order valence-corrected chi connectivity index (χ4v) is 3.01. The molecule has 0 fully saturated rings. The summed E-state index contributed by atoms with van der Waals surface area (Å²) in [6.45, 7) is 1.49. The topological polar surface area (TPSA) is 56.2 Å². The largest absolute Gasteiger partial charge is 0.461 e. The van der Waals surface area contributed by atoms with Gasteiger partial charge in [-0.15, -0.1) is 0 Å². The van der Waals surface area contributed by atoms with E-state index in [9.17, 15) is 31.1 Å². The van der Waals surface area contributed by atoms with Gasteiger partial charge in [-0.25, -0.2) is 13.9 Å². The molecule has 0 amide bonds. The number of aromatic nitrogens is 2. The molecule has 0 aliphatic carbocycles. The molecule has 2 aromatic rings. The molecule has 0 spiro atoms. The molecule has 1 aromatic carbocycles. The van der Waals surface area contributed by atoms with Crippen LogP contribution < -0.4 is 5.32 Å². The summed E-state index contributed by atoms with van der Waals surface area (Å²) in [6, 6.07) is 2.39. The van der Waals surface area contributed by atoms with Crippen LogP contribution in [0.1, 0.15) is 41.5 Å². The van der Waals surface area contributed by atoms with E-state index in [-0.39, 0.29) is 12.4 Å². The second kappa shape index (κ2) is 7.02. The lowest BCUT2D eigenvalue weighted by Crippen LogP contribution is -2.47. The number of fused-ring (bicyclic) bond motifs is 1. The summed E-state index contributed by atoms with van der Waals surface area (Å²) in [5.41, 5.74) is -0.0819. The normalized spacial score (nSPS) is 19.7. The Morgan fingerprint density at radius 3 is 2.46 bits per heavy atom. The van der Waals surface area contributed by atoms with Crippen molar-refractivity contribution in [2.45, 2.75) is 37.5 Å². The number of alkyl halides is 5. The van der Waals surface area contributed by atoms with Gasteiger partial charge in [0.25, 0.3) is 0 Å². The number of carbonyl (C=O) groups excluding carboxylic acids is 1. The van der Waals surface area contributed by atoms with Crippen molar-refractivity contribution in [2.24, 2.45) is 0 Å². The second-order valence-corrected chi connectivity index (χ2v) is 6.20. The molecule has 0 bridgehead atoms. The third-order valence-electron chi connectivity index (χ3n) is 4.37. The lowest BCUT2D eigenvalue weighted by molar-refractivity contribution is -0.301. The van der Waals surface area contributed by atoms with Gasteiger partial charge in [0.2, 0.25) is 0 Å². The zero-order valence-electron chi connectivity index (χ0n) is 14.4. The Morgan fingerprint density at radius 2 is 1.89 bits per heavy atom. The zero-order chi connectivity index (χ0) is 20.7. The van der Waals surface area contributed by atoms with Crippen LogP contribution >= 0.6 is 0 Å². The van der Waals surface area contributed by atoms with Crippen LogP contribution in [0.25, 0.3) is 0 Å². The van der Waals surface area contributed by atoms with Crippen LogP contribution in [0.3, 0.4) is 0 Å². The average Bonchev–Trinajstić information content (AvgIpc) is 3.05. The van der Waals surface area contributed by atoms with Gasteiger partial charge in [0.1, 0.15) is 17.7 Å². The lowest BCUT2D eigenvalue weighted by atomic mass is 9.93. The minimum atomic E-state index is -5.82. The van der Waals surface area contributed by atoms with Gasteiger partial charge in [0.15, 0.2) is 5.69 Å². The molecule has 5 nitrogen and oxygen atoms in total. The summed E-state index contributed by atoms with van der Waals surface area (Å²) in [5.74, 6) is -6.83. The maximum atomic E-state index is 14.2. The van der Waals surface area contributed by atoms with Gasteiger partial charge in [0.05, 0.1) is 12.6 Å². The average molecular weight is 407 g/mol. The molecule has 0 saturated heterocycles. The Morgan fingerprint density at radius 1 is 1.25 bits per heavy atom. The highest BCUT2D eigenvalue weighted by Crippen LogP contribution is 2.50. The monoisotopic (exact) mass is 407 g/mol. The highest BCUT2D eigenvalue weighted by molar-refractivity contribution is 5.88. The summed E-state index contributed by atoms with van der Waals surface area (Å²) in [5, 5.41) is 6.39. The Balaban J connectivity index is 2.05. The van der Waals surface area contributed by atoms with Crippen molar-refractivity contribution in [3.63, 3.8) is 0 Å². The standard InChI is InChI=1S/C17H15F6N3O2/c1-2-28-15(27)12-8-14-24-11(9-3-5-10(18)6-4-9)7-13(26(14)25-12)16(19,20)17(21,22)23/h3-6,8,11,13,24H,2,7H2,1H3/t11-,13-/m0/s1. The number of rotatable bonds is 4. The first-order valence-corrected chi connectivity index (χ1v) is 8.27. The first-order valence-electron chi connectivity index (χ1n) is 8.27. The molecule has 152 valence electrons. The van der Waals surface area contributed by atoms with E-state index in [1.807, 2.05) is 0 Å². The van der Waals surface area contributed by atoms with Gasteiger partial charge in [-0.2, -0.15) is 27.1 Å². The van der Waals surface area contributed by atoms with E-state index in [2.05, 4.69) is 10.4 Å². The van der Waals surface area contributed by atoms with Crippen molar-refractivity contribution < 1.29 is 35.9 Å². The quantitative estimate of drug-likeness (QED) is 0.599. The summed E-state index contributed by atoms with van der Waals surface area (Å²) in [4.78, 5) is 11.8. The number of esters is 1. The summed E-state index contributed by atoms with van der Waals surface area (Å²) in [7, 11) is 0. The molecule has 1 aliphatic rings. The van der Waals surface area contributed by atoms with Crippen molar-refractivity contribution in [3.05, 3.63) is 47.4 Å². The number of nitrogens with one attached hydrogen (secondary N) is 1. The van der Waals surface area contributed by atoms with Crippen LogP contribution in [0.5, 0.6) is 0 Å². The molecule has 28 heavy (non-hydrogen) atoms. The number of hydrogen-bond donors (Lipinski definition) is 1. The second-order valence-electron chi connectivity index (χ2n) is 6.20. The van der Waals surface area contributed by atoms with Gasteiger partial charge in [-0.05, 0) is 24.6 Å². The SMILES string of the molecule is CCOC(=O)c1cc2n(n1)[C@H](C(F)(F)C(F)(F)F)C[C@@H](c1ccc(F)cc1)N2. The molecule has 1 aliphatic heterocycles. The molecule has 2 atom stereocenters. The molecule has 3 rings (SSSR count). The predicted octanol–water partition coefficient (Wildman–Crippen LogP) is 4.49. The van der Waals surface area contributed by atoms with Crippen molar-refractivity contribution in [3.8, 4) is 0 Å². The third kappa shape index (κ3) is 3.52. The van der Waals surface area contributed by atoms with Crippen LogP contribution in [0.4, 0.5) is 32.2 Å². The molecule has 11 heteroatoms. The summed E-state index contributed by atoms with van der Waals surface area (Å²) in [6.07, 6.45) is -6.51. The molecule has 1 aromatic heterocycles. The first kappa shape index (κ1) is 20.0. The summed E-state index contributed by atoms with van der Waals surface area (Å²) >= 11 is 0. The van der Waals surface area contributed by atoms with E-state index < -0.39 is 48.1 Å². The van der Waals surface area contributed by atoms with Crippen molar-refractivity contribution in [1.29, 1.82) is 0 Å². The van der Waals surface area contributed by atoms with Crippen LogP contribution in [-0.4, -0.2) is 34.5 Å². The van der Waals surface area contributed by atoms with Gasteiger partial charge in [0, 0.05) is 12.5 Å². The summed E-state index contributed by atoms with van der Waals surface area (Å²) < 4.78 is 85.8. The number of hydrogen-bond acceptors (Lipinski definition) is 4. The highest BCUT2D eigenvalue weighted by atomic mass is 19.4. The number of halogens is 6. The Labute approximate surface area is 155 Å². The van der Waals surface area contributed by atoms with Crippen molar-refractivity contribution in [1.82, 2.24) is 9.78 Å². The van der Waals surface area contributed by atoms with Gasteiger partial charge in [-0.1, -0.05) is 12.1 Å². The minimum absolute atomic E-state index is 0.0190. The molecule has 0 radical (unpaired) electrons. The van der Waals surface area contributed by atoms with Crippen LogP contribution in [0.2, 0.25) is 0 Å². The lowest BCUT2D eigenvalue weighted by Gasteiger charge is -2.37. The van der Waals surface area contributed by atoms with E-state index in [0.29, 0.717) is 10.2 Å². The number of carbonyl (C=O) groups is 1. The fourth-order valence-electron chi connectivity index (χ4n) is 3.01. The Bertz CT molecular complexity index is 863. The van der Waals surface area contributed by atoms with Gasteiger partial charge < -0.3 is 10.1 Å². The van der Waals surface area contributed by atoms with Crippen LogP contribution in [0, 0.1) is 5.82 Å². The number of benzene rings is 1. The maximum absolute atomic E-state index is 14.2. The molecule has 0 saturated carbocycles. The smallest absolute Gasteiger partial charge is 0.455 e. The number of nitrogens with zero attached hydrogens (tertiary/aromatic N) is 2. The minimum Gasteiger partial charge on any atom is -0.461 e. The van der Waals surface area contributed by atoms with Gasteiger partial charge >= 0.3 is 18.1 Å². The van der Waals surface area contributed by atoms with E-state index in [0.717, 1.165) is 18.2 Å². The highest BCUT2D eigenvalue weighted by Gasteiger charge is 2.64. The van der Waals surface area contributed by atoms with Crippen LogP contribution in [0.15, 0.2) is 30.3 Å². The van der Waals surface area contributed by atoms with Crippen molar-refractivity contribution in [2.75, 3.05) is 11.9 Å². The van der Waals surface area contributed by atoms with Crippen molar-refractivity contribution >= 4 is 11.8 Å². The van der Waals surface area contributed by atoms with E-state index in [1.54, 1.807) is 0 Å². The first-order chi connectivity index (χ1) is 13.0. The predicted molar refractivity (Wildman–Crippen MR) is 85.6 cm³/mol. The van der Waals surface area contributed by atoms with E-state index >= 15 is 0 Å². The number of anilines is 1. The van der Waals surface area contributed by atoms with Gasteiger partial charge in [-0.3, -0.25) is 0 Å². The van der Waals surface area contributed by atoms with Crippen LogP contribution in [-0.2, 0) is 4.74 Å². The zero-order valence-corrected chi connectivity index (χ0v) is 14.4. The Hall–Kier alpha value is -2.72. The molecule has 2 heterocycles. The van der Waals surface area contributed by atoms with E-state index in [4.69, 9.17) is 4.74 Å².